The maximum atomic E-state index is 5.85. The van der Waals surface area contributed by atoms with Gasteiger partial charge in [0.2, 0.25) is 0 Å². The summed E-state index contributed by atoms with van der Waals surface area (Å²) in [6.45, 7) is 1.95. The molecule has 1 aliphatic rings. The Kier molecular flexibility index (Phi) is 3.25. The first kappa shape index (κ1) is 11.6. The first-order valence-corrected chi connectivity index (χ1v) is 6.42. The number of halogens is 1. The van der Waals surface area contributed by atoms with Crippen LogP contribution in [-0.4, -0.2) is 33.3 Å². The van der Waals surface area contributed by atoms with Crippen LogP contribution in [0.3, 0.4) is 0 Å². The van der Waals surface area contributed by atoms with Crippen molar-refractivity contribution >= 4 is 11.6 Å². The van der Waals surface area contributed by atoms with Crippen LogP contribution in [-0.2, 0) is 6.42 Å². The summed E-state index contributed by atoms with van der Waals surface area (Å²) >= 11 is 5.85. The van der Waals surface area contributed by atoms with E-state index in [0.717, 1.165) is 35.9 Å². The first-order valence-electron chi connectivity index (χ1n) is 6.05. The van der Waals surface area contributed by atoms with E-state index >= 15 is 0 Å². The number of rotatable bonds is 3. The Morgan fingerprint density at radius 1 is 1.33 bits per heavy atom. The SMILES string of the molecule is Clc1ccc(Cc2nnn(C3CCNC3)n2)cc1. The lowest BCUT2D eigenvalue weighted by molar-refractivity contribution is 0.422. The standard InChI is InChI=1S/C12H14ClN5/c13-10-3-1-9(2-4-10)7-12-15-17-18(16-12)11-5-6-14-8-11/h1-4,11,14H,5-8H2. The van der Waals surface area contributed by atoms with Crippen LogP contribution in [0.15, 0.2) is 24.3 Å². The predicted octanol–water partition coefficient (Wildman–Crippen LogP) is 1.45. The van der Waals surface area contributed by atoms with Gasteiger partial charge in [0.05, 0.1) is 6.04 Å². The van der Waals surface area contributed by atoms with Crippen molar-refractivity contribution in [3.63, 3.8) is 0 Å². The summed E-state index contributed by atoms with van der Waals surface area (Å²) in [5.41, 5.74) is 1.14. The zero-order valence-electron chi connectivity index (χ0n) is 9.88. The highest BCUT2D eigenvalue weighted by atomic mass is 35.5. The van der Waals surface area contributed by atoms with Crippen LogP contribution in [0, 0.1) is 0 Å². The third-order valence-electron chi connectivity index (χ3n) is 3.11. The molecule has 2 heterocycles. The van der Waals surface area contributed by atoms with Crippen molar-refractivity contribution in [3.05, 3.63) is 40.7 Å². The highest BCUT2D eigenvalue weighted by Gasteiger charge is 2.19. The molecule has 0 radical (unpaired) electrons. The third-order valence-corrected chi connectivity index (χ3v) is 3.36. The van der Waals surface area contributed by atoms with Gasteiger partial charge in [0, 0.05) is 18.0 Å². The van der Waals surface area contributed by atoms with Crippen LogP contribution >= 0.6 is 11.6 Å². The topological polar surface area (TPSA) is 55.6 Å². The lowest BCUT2D eigenvalue weighted by Gasteiger charge is -2.04. The zero-order valence-corrected chi connectivity index (χ0v) is 10.6. The normalized spacial score (nSPS) is 19.3. The van der Waals surface area contributed by atoms with Crippen molar-refractivity contribution in [3.8, 4) is 0 Å². The van der Waals surface area contributed by atoms with Crippen molar-refractivity contribution < 1.29 is 0 Å². The molecule has 1 fully saturated rings. The summed E-state index contributed by atoms with van der Waals surface area (Å²) in [5, 5.41) is 16.7. The molecule has 0 bridgehead atoms. The molecule has 5 nitrogen and oxygen atoms in total. The molecule has 18 heavy (non-hydrogen) atoms. The van der Waals surface area contributed by atoms with Crippen LogP contribution in [0.2, 0.25) is 5.02 Å². The highest BCUT2D eigenvalue weighted by Crippen LogP contribution is 2.14. The van der Waals surface area contributed by atoms with Crippen molar-refractivity contribution in [2.45, 2.75) is 18.9 Å². The average molecular weight is 264 g/mol. The van der Waals surface area contributed by atoms with Crippen LogP contribution in [0.5, 0.6) is 0 Å². The number of hydrogen-bond donors (Lipinski definition) is 1. The Bertz CT molecular complexity index is 516. The first-order chi connectivity index (χ1) is 8.81. The van der Waals surface area contributed by atoms with E-state index in [2.05, 4.69) is 20.7 Å². The van der Waals surface area contributed by atoms with Crippen molar-refractivity contribution in [1.29, 1.82) is 0 Å². The summed E-state index contributed by atoms with van der Waals surface area (Å²) in [5.74, 6) is 0.754. The molecule has 6 heteroatoms. The quantitative estimate of drug-likeness (QED) is 0.911. The molecule has 1 aromatic heterocycles. The summed E-state index contributed by atoms with van der Waals surface area (Å²) in [6, 6.07) is 8.07. The Hall–Kier alpha value is -1.46. The number of aromatic nitrogens is 4. The molecule has 0 saturated carbocycles. The van der Waals surface area contributed by atoms with E-state index in [9.17, 15) is 0 Å². The van der Waals surface area contributed by atoms with Gasteiger partial charge < -0.3 is 5.32 Å². The smallest absolute Gasteiger partial charge is 0.179 e. The van der Waals surface area contributed by atoms with Gasteiger partial charge in [-0.2, -0.15) is 4.80 Å². The molecule has 3 rings (SSSR count). The maximum absolute atomic E-state index is 5.85. The molecule has 1 unspecified atom stereocenters. The van der Waals surface area contributed by atoms with Gasteiger partial charge in [-0.1, -0.05) is 23.7 Å². The Morgan fingerprint density at radius 2 is 2.17 bits per heavy atom. The zero-order chi connectivity index (χ0) is 12.4. The molecule has 0 spiro atoms. The number of tetrazole rings is 1. The lowest BCUT2D eigenvalue weighted by atomic mass is 10.1. The second kappa shape index (κ2) is 5.04. The van der Waals surface area contributed by atoms with Gasteiger partial charge >= 0.3 is 0 Å². The van der Waals surface area contributed by atoms with Gasteiger partial charge in [0.25, 0.3) is 0 Å². The molecule has 1 saturated heterocycles. The van der Waals surface area contributed by atoms with Crippen molar-refractivity contribution in [1.82, 2.24) is 25.5 Å². The van der Waals surface area contributed by atoms with Gasteiger partial charge in [-0.3, -0.25) is 0 Å². The molecule has 0 aliphatic carbocycles. The van der Waals surface area contributed by atoms with E-state index in [1.807, 2.05) is 24.3 Å². The molecule has 1 aliphatic heterocycles. The highest BCUT2D eigenvalue weighted by molar-refractivity contribution is 6.30. The van der Waals surface area contributed by atoms with Crippen LogP contribution in [0.25, 0.3) is 0 Å². The summed E-state index contributed by atoms with van der Waals surface area (Å²) in [7, 11) is 0. The molecule has 0 amide bonds. The van der Waals surface area contributed by atoms with Crippen LogP contribution in [0.4, 0.5) is 0 Å². The number of benzene rings is 1. The fourth-order valence-electron chi connectivity index (χ4n) is 2.10. The van der Waals surface area contributed by atoms with Gasteiger partial charge in [0.1, 0.15) is 0 Å². The van der Waals surface area contributed by atoms with Gasteiger partial charge in [-0.25, -0.2) is 0 Å². The minimum atomic E-state index is 0.344. The fraction of sp³-hybridized carbons (Fsp3) is 0.417. The van der Waals surface area contributed by atoms with E-state index < -0.39 is 0 Å². The Labute approximate surface area is 110 Å². The van der Waals surface area contributed by atoms with Gasteiger partial charge in [-0.05, 0) is 35.9 Å². The van der Waals surface area contributed by atoms with Crippen LogP contribution < -0.4 is 5.32 Å². The number of nitrogens with zero attached hydrogens (tertiary/aromatic N) is 4. The lowest BCUT2D eigenvalue weighted by Crippen LogP contribution is -2.15. The summed E-state index contributed by atoms with van der Waals surface area (Å²) < 4.78 is 0. The van der Waals surface area contributed by atoms with E-state index in [0.29, 0.717) is 12.5 Å². The molecular formula is C12H14ClN5. The third kappa shape index (κ3) is 2.52. The fourth-order valence-corrected chi connectivity index (χ4v) is 2.23. The van der Waals surface area contributed by atoms with Crippen LogP contribution in [0.1, 0.15) is 23.9 Å². The molecule has 94 valence electrons. The molecular weight excluding hydrogens is 250 g/mol. The van der Waals surface area contributed by atoms with E-state index in [1.165, 1.54) is 0 Å². The van der Waals surface area contributed by atoms with Crippen molar-refractivity contribution in [2.75, 3.05) is 13.1 Å². The number of nitrogens with one attached hydrogen (secondary N) is 1. The minimum absolute atomic E-state index is 0.344. The summed E-state index contributed by atoms with van der Waals surface area (Å²) in [4.78, 5) is 1.73. The summed E-state index contributed by atoms with van der Waals surface area (Å²) in [6.07, 6.45) is 1.76. The van der Waals surface area contributed by atoms with E-state index in [4.69, 9.17) is 11.6 Å². The molecule has 2 aromatic rings. The van der Waals surface area contributed by atoms with Crippen molar-refractivity contribution in [2.24, 2.45) is 0 Å². The monoisotopic (exact) mass is 263 g/mol. The van der Waals surface area contributed by atoms with Gasteiger partial charge in [-0.15, -0.1) is 10.2 Å². The Morgan fingerprint density at radius 3 is 2.89 bits per heavy atom. The predicted molar refractivity (Wildman–Crippen MR) is 68.6 cm³/mol. The number of hydrogen-bond acceptors (Lipinski definition) is 4. The minimum Gasteiger partial charge on any atom is -0.314 e. The maximum Gasteiger partial charge on any atom is 0.179 e. The molecule has 1 aromatic carbocycles. The second-order valence-electron chi connectivity index (χ2n) is 4.48. The second-order valence-corrected chi connectivity index (χ2v) is 4.91. The van der Waals surface area contributed by atoms with Gasteiger partial charge in [0.15, 0.2) is 5.82 Å². The van der Waals surface area contributed by atoms with E-state index in [-0.39, 0.29) is 0 Å². The molecule has 1 atom stereocenters. The largest absolute Gasteiger partial charge is 0.314 e. The Balaban J connectivity index is 1.71. The van der Waals surface area contributed by atoms with E-state index in [1.54, 1.807) is 4.80 Å². The molecule has 1 N–H and O–H groups in total. The average Bonchev–Trinajstić information content (AvgIpc) is 3.02.